The summed E-state index contributed by atoms with van der Waals surface area (Å²) in [5, 5.41) is 0. The molecule has 0 atom stereocenters. The van der Waals surface area contributed by atoms with Crippen LogP contribution in [0.1, 0.15) is 32.1 Å². The lowest BCUT2D eigenvalue weighted by Crippen LogP contribution is -2.53. The molecular weight excluding hydrogens is 417 g/mol. The zero-order valence-corrected chi connectivity index (χ0v) is 19.2. The van der Waals surface area contributed by atoms with E-state index in [2.05, 4.69) is 108 Å². The lowest BCUT2D eigenvalue weighted by Gasteiger charge is -2.59. The lowest BCUT2D eigenvalue weighted by molar-refractivity contribution is 0.0159. The monoisotopic (exact) mass is 442 g/mol. The first kappa shape index (κ1) is 18.6. The molecule has 7 rings (SSSR count). The van der Waals surface area contributed by atoms with Gasteiger partial charge in [0.15, 0.2) is 0 Å². The Labute approximate surface area is 185 Å². The third-order valence-electron chi connectivity index (χ3n) is 7.10. The van der Waals surface area contributed by atoms with E-state index < -0.39 is 0 Å². The van der Waals surface area contributed by atoms with Gasteiger partial charge in [0.05, 0.1) is 4.08 Å². The van der Waals surface area contributed by atoms with Gasteiger partial charge in [-0.2, -0.15) is 0 Å². The highest BCUT2D eigenvalue weighted by molar-refractivity contribution is 8.40. The SMILES string of the molecule is c1ccc(SC2(Sc3ccccc3)CSC3(S2)C2CC4CC(C2)CC3C4)cc1. The third-order valence-corrected chi connectivity index (χ3v) is 14.8. The molecule has 4 aliphatic carbocycles. The molecule has 4 saturated carbocycles. The number of thioether (sulfide) groups is 4. The van der Waals surface area contributed by atoms with Crippen molar-refractivity contribution in [3.05, 3.63) is 60.7 Å². The second-order valence-corrected chi connectivity index (χ2v) is 15.5. The number of hydrogen-bond acceptors (Lipinski definition) is 4. The highest BCUT2D eigenvalue weighted by Crippen LogP contribution is 2.76. The van der Waals surface area contributed by atoms with Crippen molar-refractivity contribution in [1.82, 2.24) is 0 Å². The molecule has 5 fully saturated rings. The summed E-state index contributed by atoms with van der Waals surface area (Å²) in [5.74, 6) is 5.25. The van der Waals surface area contributed by atoms with E-state index in [1.165, 1.54) is 41.2 Å². The van der Waals surface area contributed by atoms with Crippen LogP contribution in [-0.4, -0.2) is 13.2 Å². The van der Waals surface area contributed by atoms with E-state index in [0.29, 0.717) is 4.08 Å². The second kappa shape index (κ2) is 7.21. The van der Waals surface area contributed by atoms with Crippen LogP contribution in [0, 0.1) is 23.7 Å². The zero-order valence-electron chi connectivity index (χ0n) is 16.0. The van der Waals surface area contributed by atoms with Crippen LogP contribution < -0.4 is 0 Å². The first-order valence-electron chi connectivity index (χ1n) is 10.6. The van der Waals surface area contributed by atoms with Crippen LogP contribution in [-0.2, 0) is 0 Å². The fraction of sp³-hybridized carbons (Fsp3) is 0.500. The van der Waals surface area contributed by atoms with Crippen molar-refractivity contribution < 1.29 is 0 Å². The topological polar surface area (TPSA) is 0 Å². The summed E-state index contributed by atoms with van der Waals surface area (Å²) in [5.41, 5.74) is 0. The molecule has 0 radical (unpaired) electrons. The molecule has 1 saturated heterocycles. The van der Waals surface area contributed by atoms with E-state index in [1.54, 1.807) is 6.42 Å². The molecule has 28 heavy (non-hydrogen) atoms. The highest BCUT2D eigenvalue weighted by Gasteiger charge is 2.64. The molecule has 2 aromatic rings. The largest absolute Gasteiger partial charge is 0.140 e. The molecule has 5 aliphatic rings. The molecule has 4 heteroatoms. The summed E-state index contributed by atoms with van der Waals surface area (Å²) >= 11 is 8.96. The Hall–Kier alpha value is -0.160. The maximum absolute atomic E-state index is 2.37. The van der Waals surface area contributed by atoms with Gasteiger partial charge in [0.1, 0.15) is 3.41 Å². The highest BCUT2D eigenvalue weighted by atomic mass is 32.3. The molecule has 1 heterocycles. The van der Waals surface area contributed by atoms with Gasteiger partial charge in [0, 0.05) is 15.5 Å². The average Bonchev–Trinajstić information content (AvgIpc) is 3.07. The molecule has 0 aromatic heterocycles. The van der Waals surface area contributed by atoms with Gasteiger partial charge >= 0.3 is 0 Å². The summed E-state index contributed by atoms with van der Waals surface area (Å²) in [6.45, 7) is 0. The Morgan fingerprint density at radius 3 is 1.68 bits per heavy atom. The van der Waals surface area contributed by atoms with Gasteiger partial charge in [-0.25, -0.2) is 0 Å². The van der Waals surface area contributed by atoms with Crippen LogP contribution >= 0.6 is 47.0 Å². The van der Waals surface area contributed by atoms with Crippen molar-refractivity contribution in [2.75, 3.05) is 5.75 Å². The van der Waals surface area contributed by atoms with Gasteiger partial charge in [-0.15, -0.1) is 23.5 Å². The van der Waals surface area contributed by atoms with Gasteiger partial charge in [-0.1, -0.05) is 59.9 Å². The summed E-state index contributed by atoms with van der Waals surface area (Å²) in [6, 6.07) is 22.2. The van der Waals surface area contributed by atoms with Crippen molar-refractivity contribution in [3.8, 4) is 0 Å². The maximum Gasteiger partial charge on any atom is 0.126 e. The maximum atomic E-state index is 2.37. The predicted octanol–water partition coefficient (Wildman–Crippen LogP) is 7.86. The van der Waals surface area contributed by atoms with Gasteiger partial charge in [0.25, 0.3) is 0 Å². The summed E-state index contributed by atoms with van der Waals surface area (Å²) in [6.07, 6.45) is 7.58. The fourth-order valence-electron chi connectivity index (χ4n) is 6.20. The Kier molecular flexibility index (Phi) is 4.79. The lowest BCUT2D eigenvalue weighted by atomic mass is 9.56. The van der Waals surface area contributed by atoms with Gasteiger partial charge in [-0.3, -0.25) is 0 Å². The number of benzene rings is 2. The number of rotatable bonds is 4. The summed E-state index contributed by atoms with van der Waals surface area (Å²) in [4.78, 5) is 2.83. The molecule has 2 aromatic carbocycles. The molecule has 0 nitrogen and oxygen atoms in total. The third kappa shape index (κ3) is 3.18. The average molecular weight is 443 g/mol. The van der Waals surface area contributed by atoms with Crippen LogP contribution in [0.5, 0.6) is 0 Å². The summed E-state index contributed by atoms with van der Waals surface area (Å²) < 4.78 is 0.666. The normalized spacial score (nSPS) is 37.6. The first-order chi connectivity index (χ1) is 13.7. The Balaban J connectivity index is 1.34. The van der Waals surface area contributed by atoms with Crippen LogP contribution in [0.25, 0.3) is 0 Å². The Bertz CT molecular complexity index is 765. The van der Waals surface area contributed by atoms with E-state index in [9.17, 15) is 0 Å². The Morgan fingerprint density at radius 2 is 1.18 bits per heavy atom. The van der Waals surface area contributed by atoms with Crippen molar-refractivity contribution in [2.24, 2.45) is 23.7 Å². The molecule has 4 bridgehead atoms. The smallest absolute Gasteiger partial charge is 0.126 e. The standard InChI is InChI=1S/C24H26S4/c1-3-7-21(8-4-1)26-23(27-22-9-5-2-6-10-22)16-25-24(28-23)19-12-17-11-18(14-19)15-20(24)13-17/h1-10,17-20H,11-16H2. The fourth-order valence-corrected chi connectivity index (χ4v) is 14.8. The quantitative estimate of drug-likeness (QED) is 0.442. The van der Waals surface area contributed by atoms with E-state index in [0.717, 1.165) is 23.7 Å². The second-order valence-electron chi connectivity index (χ2n) is 8.93. The van der Waals surface area contributed by atoms with E-state index in [4.69, 9.17) is 0 Å². The first-order valence-corrected chi connectivity index (χ1v) is 14.0. The van der Waals surface area contributed by atoms with Crippen LogP contribution in [0.2, 0.25) is 0 Å². The van der Waals surface area contributed by atoms with Crippen LogP contribution in [0.3, 0.4) is 0 Å². The van der Waals surface area contributed by atoms with Crippen LogP contribution in [0.15, 0.2) is 70.5 Å². The van der Waals surface area contributed by atoms with Gasteiger partial charge < -0.3 is 0 Å². The predicted molar refractivity (Wildman–Crippen MR) is 127 cm³/mol. The van der Waals surface area contributed by atoms with Crippen molar-refractivity contribution >= 4 is 47.0 Å². The molecule has 0 N–H and O–H groups in total. The Morgan fingerprint density at radius 1 is 0.679 bits per heavy atom. The minimum atomic E-state index is 0.183. The van der Waals surface area contributed by atoms with Gasteiger partial charge in [-0.05, 0) is 80.0 Å². The molecule has 0 amide bonds. The van der Waals surface area contributed by atoms with Crippen LogP contribution in [0.4, 0.5) is 0 Å². The van der Waals surface area contributed by atoms with E-state index in [1.807, 2.05) is 0 Å². The molecule has 1 aliphatic heterocycles. The van der Waals surface area contributed by atoms with Crippen molar-refractivity contribution in [3.63, 3.8) is 0 Å². The molecule has 146 valence electrons. The molecular formula is C24H26S4. The minimum absolute atomic E-state index is 0.183. The number of hydrogen-bond donors (Lipinski definition) is 0. The minimum Gasteiger partial charge on any atom is -0.140 e. The summed E-state index contributed by atoms with van der Waals surface area (Å²) in [7, 11) is 0. The van der Waals surface area contributed by atoms with Gasteiger partial charge in [0.2, 0.25) is 0 Å². The van der Waals surface area contributed by atoms with E-state index in [-0.39, 0.29) is 3.41 Å². The molecule has 1 spiro atoms. The molecule has 0 unspecified atom stereocenters. The van der Waals surface area contributed by atoms with E-state index >= 15 is 0 Å². The zero-order chi connectivity index (χ0) is 18.6. The van der Waals surface area contributed by atoms with Crippen molar-refractivity contribution in [2.45, 2.75) is 49.4 Å². The van der Waals surface area contributed by atoms with Crippen molar-refractivity contribution in [1.29, 1.82) is 0 Å².